The van der Waals surface area contributed by atoms with Crippen LogP contribution in [0.5, 0.6) is 0 Å². The second-order valence-corrected chi connectivity index (χ2v) is 3.28. The van der Waals surface area contributed by atoms with Gasteiger partial charge in [-0.25, -0.2) is 0 Å². The first kappa shape index (κ1) is 15.3. The van der Waals surface area contributed by atoms with Crippen LogP contribution in [0.15, 0.2) is 0 Å². The van der Waals surface area contributed by atoms with Gasteiger partial charge in [0.1, 0.15) is 0 Å². The van der Waals surface area contributed by atoms with E-state index in [1.165, 1.54) is 0 Å². The van der Waals surface area contributed by atoms with Crippen LogP contribution in [0.3, 0.4) is 0 Å². The Bertz CT molecular complexity index is 65.9. The number of hydrogen-bond acceptors (Lipinski definition) is 4. The Labute approximate surface area is 88.5 Å². The van der Waals surface area contributed by atoms with Crippen LogP contribution in [-0.4, -0.2) is 56.5 Å². The lowest BCUT2D eigenvalue weighted by molar-refractivity contribution is 0.114. The molecule has 0 aliphatic carbocycles. The summed E-state index contributed by atoms with van der Waals surface area (Å²) < 4.78 is 0. The van der Waals surface area contributed by atoms with Crippen molar-refractivity contribution in [2.75, 3.05) is 23.9 Å². The van der Waals surface area contributed by atoms with E-state index in [0.717, 1.165) is 0 Å². The Morgan fingerprint density at radius 3 is 1.08 bits per heavy atom. The molecule has 76 valence electrons. The Morgan fingerprint density at radius 1 is 0.833 bits per heavy atom. The maximum Gasteiger partial charge on any atom is 0.0867 e. The fourth-order valence-corrected chi connectivity index (χ4v) is 0.507. The van der Waals surface area contributed by atoms with Gasteiger partial charge in [0, 0.05) is 10.7 Å². The molecule has 0 saturated heterocycles. The van der Waals surface area contributed by atoms with E-state index in [1.807, 2.05) is 0 Å². The lowest BCUT2D eigenvalue weighted by atomic mass is 10.5. The van der Waals surface area contributed by atoms with Gasteiger partial charge in [-0.05, 0) is 0 Å². The van der Waals surface area contributed by atoms with Gasteiger partial charge in [-0.3, -0.25) is 0 Å². The summed E-state index contributed by atoms with van der Waals surface area (Å²) >= 11 is 5.93. The minimum Gasteiger partial charge on any atom is -0.394 e. The van der Waals surface area contributed by atoms with E-state index in [9.17, 15) is 0 Å². The summed E-state index contributed by atoms with van der Waals surface area (Å²) in [5.74, 6) is 0. The molecule has 0 amide bonds. The normalized spacial score (nSPS) is 14.5. The topological polar surface area (TPSA) is 80.9 Å². The monoisotopic (exact) mass is 308 g/mol. The number of alkyl halides is 2. The summed E-state index contributed by atoms with van der Waals surface area (Å²) in [5.41, 5.74) is 0. The number of rotatable bonds is 4. The van der Waals surface area contributed by atoms with Gasteiger partial charge in [0.05, 0.1) is 25.4 Å². The van der Waals surface area contributed by atoms with Crippen LogP contribution in [0.25, 0.3) is 0 Å². The number of aliphatic hydroxyl groups excluding tert-OH is 4. The molecule has 0 radical (unpaired) electrons. The summed E-state index contributed by atoms with van der Waals surface area (Å²) in [6.07, 6.45) is -1.19. The number of aliphatic hydroxyl groups is 4. The molecule has 0 aromatic heterocycles. The minimum absolute atomic E-state index is 0.161. The third-order valence-electron chi connectivity index (χ3n) is 0.778. The van der Waals surface area contributed by atoms with Gasteiger partial charge in [-0.2, -0.15) is 0 Å². The molecular formula is C6H14Br2O4. The Balaban J connectivity index is 0. The lowest BCUT2D eigenvalue weighted by Crippen LogP contribution is -2.12. The van der Waals surface area contributed by atoms with Crippen molar-refractivity contribution >= 4 is 31.9 Å². The van der Waals surface area contributed by atoms with Crippen molar-refractivity contribution in [3.8, 4) is 0 Å². The predicted octanol–water partition coefficient (Wildman–Crippen LogP) is -0.531. The summed E-state index contributed by atoms with van der Waals surface area (Å²) in [6, 6.07) is 0. The molecule has 0 aliphatic heterocycles. The maximum atomic E-state index is 8.37. The van der Waals surface area contributed by atoms with Gasteiger partial charge in [-0.1, -0.05) is 31.9 Å². The second kappa shape index (κ2) is 11.8. The van der Waals surface area contributed by atoms with E-state index in [4.69, 9.17) is 20.4 Å². The van der Waals surface area contributed by atoms with Crippen LogP contribution in [-0.2, 0) is 0 Å². The molecular weight excluding hydrogens is 296 g/mol. The summed E-state index contributed by atoms with van der Waals surface area (Å²) in [6.45, 7) is -0.323. The zero-order valence-electron chi connectivity index (χ0n) is 6.53. The summed E-state index contributed by atoms with van der Waals surface area (Å²) in [5, 5.41) is 33.7. The summed E-state index contributed by atoms with van der Waals surface area (Å²) in [7, 11) is 0. The summed E-state index contributed by atoms with van der Waals surface area (Å²) in [4.78, 5) is 0. The lowest BCUT2D eigenvalue weighted by Gasteiger charge is -1.96. The molecule has 0 saturated carbocycles. The first-order chi connectivity index (χ1) is 5.62. The van der Waals surface area contributed by atoms with Crippen molar-refractivity contribution in [2.45, 2.75) is 12.2 Å². The van der Waals surface area contributed by atoms with Gasteiger partial charge in [0.25, 0.3) is 0 Å². The fraction of sp³-hybridized carbons (Fsp3) is 1.00. The van der Waals surface area contributed by atoms with Crippen LogP contribution in [0.1, 0.15) is 0 Å². The van der Waals surface area contributed by atoms with Crippen LogP contribution in [0.2, 0.25) is 0 Å². The molecule has 0 rings (SSSR count). The van der Waals surface area contributed by atoms with Gasteiger partial charge < -0.3 is 20.4 Å². The van der Waals surface area contributed by atoms with E-state index in [1.54, 1.807) is 0 Å². The largest absolute Gasteiger partial charge is 0.394 e. The van der Waals surface area contributed by atoms with Crippen molar-refractivity contribution in [1.82, 2.24) is 0 Å². The quantitative estimate of drug-likeness (QED) is 0.526. The van der Waals surface area contributed by atoms with Crippen LogP contribution < -0.4 is 0 Å². The van der Waals surface area contributed by atoms with Gasteiger partial charge in [0.2, 0.25) is 0 Å². The molecule has 0 aliphatic rings. The van der Waals surface area contributed by atoms with Crippen molar-refractivity contribution in [3.05, 3.63) is 0 Å². The molecule has 0 spiro atoms. The van der Waals surface area contributed by atoms with Crippen molar-refractivity contribution in [3.63, 3.8) is 0 Å². The third kappa shape index (κ3) is 13.4. The molecule has 0 aromatic rings. The fourth-order valence-electron chi connectivity index (χ4n) is 0.0976. The van der Waals surface area contributed by atoms with Gasteiger partial charge in [-0.15, -0.1) is 0 Å². The predicted molar refractivity (Wildman–Crippen MR) is 53.8 cm³/mol. The van der Waals surface area contributed by atoms with Crippen LogP contribution in [0.4, 0.5) is 0 Å². The zero-order chi connectivity index (χ0) is 9.98. The third-order valence-corrected chi connectivity index (χ3v) is 2.27. The molecule has 0 aromatic carbocycles. The smallest absolute Gasteiger partial charge is 0.0867 e. The van der Waals surface area contributed by atoms with Crippen molar-refractivity contribution in [2.24, 2.45) is 0 Å². The molecule has 4 N–H and O–H groups in total. The highest BCUT2D eigenvalue weighted by Crippen LogP contribution is 1.85. The first-order valence-corrected chi connectivity index (χ1v) is 5.56. The van der Waals surface area contributed by atoms with Gasteiger partial charge >= 0.3 is 0 Å². The van der Waals surface area contributed by atoms with Crippen LogP contribution in [0, 0.1) is 0 Å². The molecule has 2 atom stereocenters. The molecule has 12 heavy (non-hydrogen) atoms. The molecule has 0 bridgehead atoms. The van der Waals surface area contributed by atoms with Crippen molar-refractivity contribution in [1.29, 1.82) is 0 Å². The Kier molecular flexibility index (Phi) is 15.0. The molecule has 0 heterocycles. The highest BCUT2D eigenvalue weighted by Gasteiger charge is 1.94. The first-order valence-electron chi connectivity index (χ1n) is 3.32. The average molecular weight is 310 g/mol. The van der Waals surface area contributed by atoms with Crippen molar-refractivity contribution < 1.29 is 20.4 Å². The molecule has 2 unspecified atom stereocenters. The number of halogens is 2. The van der Waals surface area contributed by atoms with Gasteiger partial charge in [0.15, 0.2) is 0 Å². The SMILES string of the molecule is OCC(O)CBr.OCC(O)CBr. The minimum atomic E-state index is -0.593. The van der Waals surface area contributed by atoms with E-state index < -0.39 is 12.2 Å². The van der Waals surface area contributed by atoms with E-state index in [0.29, 0.717) is 10.7 Å². The standard InChI is InChI=1S/2C3H7BrO2/c2*4-1-3(6)2-5/h2*3,5-6H,1-2H2. The highest BCUT2D eigenvalue weighted by molar-refractivity contribution is 9.09. The maximum absolute atomic E-state index is 8.37. The average Bonchev–Trinajstić information content (AvgIpc) is 2.16. The molecule has 4 nitrogen and oxygen atoms in total. The second-order valence-electron chi connectivity index (χ2n) is 1.98. The van der Waals surface area contributed by atoms with Crippen LogP contribution >= 0.6 is 31.9 Å². The van der Waals surface area contributed by atoms with E-state index >= 15 is 0 Å². The Morgan fingerprint density at radius 2 is 1.08 bits per heavy atom. The van der Waals surface area contributed by atoms with E-state index in [2.05, 4.69) is 31.9 Å². The zero-order valence-corrected chi connectivity index (χ0v) is 9.70. The highest BCUT2D eigenvalue weighted by atomic mass is 79.9. The number of hydrogen-bond donors (Lipinski definition) is 4. The molecule has 0 fully saturated rings. The van der Waals surface area contributed by atoms with E-state index in [-0.39, 0.29) is 13.2 Å². The Hall–Kier alpha value is 0.800. The molecule has 6 heteroatoms.